The number of hydrogen-bond donors (Lipinski definition) is 3. The molecule has 3 aromatic carbocycles. The monoisotopic (exact) mass is 412 g/mol. The summed E-state index contributed by atoms with van der Waals surface area (Å²) in [5.41, 5.74) is 3.50. The number of aryl methyl sites for hydroxylation is 1. The van der Waals surface area contributed by atoms with Crippen molar-refractivity contribution in [3.63, 3.8) is 0 Å². The Balaban J connectivity index is 1.71. The predicted molar refractivity (Wildman–Crippen MR) is 112 cm³/mol. The van der Waals surface area contributed by atoms with Crippen LogP contribution in [0.25, 0.3) is 11.1 Å². The van der Waals surface area contributed by atoms with Crippen LogP contribution in [0.15, 0.2) is 60.7 Å². The first-order valence-corrected chi connectivity index (χ1v) is 9.14. The number of carbonyl (C=O) groups excluding carboxylic acids is 1. The summed E-state index contributed by atoms with van der Waals surface area (Å²) in [5, 5.41) is 15.2. The third kappa shape index (κ3) is 5.12. The molecule has 0 heterocycles. The highest BCUT2D eigenvalue weighted by Crippen LogP contribution is 2.26. The van der Waals surface area contributed by atoms with Crippen molar-refractivity contribution in [1.29, 1.82) is 0 Å². The summed E-state index contributed by atoms with van der Waals surface area (Å²) >= 11 is 5.82. The molecule has 3 rings (SSSR count). The summed E-state index contributed by atoms with van der Waals surface area (Å²) < 4.78 is 13.1. The quantitative estimate of drug-likeness (QED) is 0.519. The summed E-state index contributed by atoms with van der Waals surface area (Å²) in [5.74, 6) is -1.89. The highest BCUT2D eigenvalue weighted by molar-refractivity contribution is 6.31. The maximum Gasteiger partial charge on any atom is 0.337 e. The number of amides is 1. The Morgan fingerprint density at radius 3 is 2.34 bits per heavy atom. The lowest BCUT2D eigenvalue weighted by molar-refractivity contribution is -0.114. The van der Waals surface area contributed by atoms with Crippen LogP contribution in [0.4, 0.5) is 15.8 Å². The van der Waals surface area contributed by atoms with Crippen LogP contribution in [0.3, 0.4) is 0 Å². The molecule has 7 heteroatoms. The average molecular weight is 413 g/mol. The SMILES string of the molecule is Cc1ccc(-c2ccc(F)cc2)cc1NCC(=O)Nc1ccc(Cl)cc1C(=O)O. The van der Waals surface area contributed by atoms with Crippen molar-refractivity contribution in [3.8, 4) is 11.1 Å². The molecule has 148 valence electrons. The van der Waals surface area contributed by atoms with Gasteiger partial charge < -0.3 is 15.7 Å². The van der Waals surface area contributed by atoms with E-state index in [1.807, 2.05) is 25.1 Å². The van der Waals surface area contributed by atoms with E-state index in [0.29, 0.717) is 0 Å². The third-order valence-corrected chi connectivity index (χ3v) is 4.58. The van der Waals surface area contributed by atoms with Crippen LogP contribution in [-0.2, 0) is 4.79 Å². The van der Waals surface area contributed by atoms with Crippen LogP contribution >= 0.6 is 11.6 Å². The van der Waals surface area contributed by atoms with E-state index in [9.17, 15) is 19.1 Å². The highest BCUT2D eigenvalue weighted by atomic mass is 35.5. The fourth-order valence-electron chi connectivity index (χ4n) is 2.81. The van der Waals surface area contributed by atoms with Crippen molar-refractivity contribution in [3.05, 3.63) is 82.6 Å². The first-order valence-electron chi connectivity index (χ1n) is 8.76. The van der Waals surface area contributed by atoms with Gasteiger partial charge in [0.25, 0.3) is 0 Å². The second-order valence-corrected chi connectivity index (χ2v) is 6.87. The standard InChI is InChI=1S/C22H18ClFN2O3/c1-13-2-3-15(14-4-7-17(24)8-5-14)10-20(13)25-12-21(27)26-19-9-6-16(23)11-18(19)22(28)29/h2-11,25H,12H2,1H3,(H,26,27)(H,28,29). The normalized spacial score (nSPS) is 10.4. The molecule has 0 aliphatic carbocycles. The Bertz CT molecular complexity index is 1070. The number of aromatic carboxylic acids is 1. The summed E-state index contributed by atoms with van der Waals surface area (Å²) in [6.45, 7) is 1.84. The maximum absolute atomic E-state index is 13.1. The zero-order chi connectivity index (χ0) is 21.0. The minimum Gasteiger partial charge on any atom is -0.478 e. The Morgan fingerprint density at radius 1 is 0.966 bits per heavy atom. The predicted octanol–water partition coefficient (Wildman–Crippen LogP) is 5.20. The number of hydrogen-bond acceptors (Lipinski definition) is 3. The number of halogens is 2. The van der Waals surface area contributed by atoms with Gasteiger partial charge in [0.15, 0.2) is 0 Å². The largest absolute Gasteiger partial charge is 0.478 e. The van der Waals surface area contributed by atoms with Crippen molar-refractivity contribution in [2.24, 2.45) is 0 Å². The fourth-order valence-corrected chi connectivity index (χ4v) is 2.98. The van der Waals surface area contributed by atoms with E-state index in [1.54, 1.807) is 12.1 Å². The molecule has 0 unspecified atom stereocenters. The van der Waals surface area contributed by atoms with Crippen LogP contribution in [0.1, 0.15) is 15.9 Å². The van der Waals surface area contributed by atoms with Crippen LogP contribution in [0.2, 0.25) is 5.02 Å². The topological polar surface area (TPSA) is 78.4 Å². The number of carboxylic acid groups (broad SMARTS) is 1. The summed E-state index contributed by atoms with van der Waals surface area (Å²) in [6, 6.07) is 16.1. The van der Waals surface area contributed by atoms with Crippen LogP contribution in [0.5, 0.6) is 0 Å². The molecule has 0 fully saturated rings. The average Bonchev–Trinajstić information content (AvgIpc) is 2.69. The summed E-state index contributed by atoms with van der Waals surface area (Å²) in [4.78, 5) is 23.6. The lowest BCUT2D eigenvalue weighted by Crippen LogP contribution is -2.23. The molecule has 0 radical (unpaired) electrons. The molecular weight excluding hydrogens is 395 g/mol. The Labute approximate surface area is 172 Å². The van der Waals surface area contributed by atoms with Gasteiger partial charge in [-0.15, -0.1) is 0 Å². The van der Waals surface area contributed by atoms with Gasteiger partial charge in [0.1, 0.15) is 5.82 Å². The molecule has 3 aromatic rings. The van der Waals surface area contributed by atoms with E-state index in [4.69, 9.17) is 11.6 Å². The van der Waals surface area contributed by atoms with E-state index in [1.165, 1.54) is 30.3 Å². The van der Waals surface area contributed by atoms with Crippen LogP contribution < -0.4 is 10.6 Å². The van der Waals surface area contributed by atoms with Gasteiger partial charge in [-0.25, -0.2) is 9.18 Å². The molecule has 5 nitrogen and oxygen atoms in total. The highest BCUT2D eigenvalue weighted by Gasteiger charge is 2.13. The Hall–Kier alpha value is -3.38. The number of benzene rings is 3. The molecule has 0 aliphatic heterocycles. The van der Waals surface area contributed by atoms with Gasteiger partial charge in [-0.3, -0.25) is 4.79 Å². The smallest absolute Gasteiger partial charge is 0.337 e. The number of carboxylic acids is 1. The van der Waals surface area contributed by atoms with Gasteiger partial charge >= 0.3 is 5.97 Å². The molecule has 29 heavy (non-hydrogen) atoms. The third-order valence-electron chi connectivity index (χ3n) is 4.34. The maximum atomic E-state index is 13.1. The number of carbonyl (C=O) groups is 2. The van der Waals surface area contributed by atoms with Gasteiger partial charge in [0.2, 0.25) is 5.91 Å². The van der Waals surface area contributed by atoms with E-state index in [-0.39, 0.29) is 28.6 Å². The van der Waals surface area contributed by atoms with E-state index < -0.39 is 11.9 Å². The molecule has 3 N–H and O–H groups in total. The van der Waals surface area contributed by atoms with Crippen LogP contribution in [-0.4, -0.2) is 23.5 Å². The number of rotatable bonds is 6. The molecular formula is C22H18ClFN2O3. The molecule has 0 saturated carbocycles. The molecule has 0 bridgehead atoms. The summed E-state index contributed by atoms with van der Waals surface area (Å²) in [7, 11) is 0. The van der Waals surface area contributed by atoms with Crippen LogP contribution in [0, 0.1) is 12.7 Å². The van der Waals surface area contributed by atoms with Gasteiger partial charge in [-0.1, -0.05) is 35.9 Å². The Kier molecular flexibility index (Phi) is 6.14. The zero-order valence-electron chi connectivity index (χ0n) is 15.5. The zero-order valence-corrected chi connectivity index (χ0v) is 16.3. The molecule has 0 atom stereocenters. The first-order chi connectivity index (χ1) is 13.8. The minimum atomic E-state index is -1.18. The second-order valence-electron chi connectivity index (χ2n) is 6.43. The number of anilines is 2. The second kappa shape index (κ2) is 8.75. The summed E-state index contributed by atoms with van der Waals surface area (Å²) in [6.07, 6.45) is 0. The van der Waals surface area contributed by atoms with Crippen molar-refractivity contribution in [2.75, 3.05) is 17.2 Å². The van der Waals surface area contributed by atoms with E-state index >= 15 is 0 Å². The van der Waals surface area contributed by atoms with Gasteiger partial charge in [0.05, 0.1) is 17.8 Å². The van der Waals surface area contributed by atoms with Gasteiger partial charge in [0, 0.05) is 10.7 Å². The van der Waals surface area contributed by atoms with Crippen molar-refractivity contribution in [2.45, 2.75) is 6.92 Å². The van der Waals surface area contributed by atoms with E-state index in [2.05, 4.69) is 10.6 Å². The Morgan fingerprint density at radius 2 is 1.66 bits per heavy atom. The number of nitrogens with one attached hydrogen (secondary N) is 2. The first kappa shape index (κ1) is 20.4. The minimum absolute atomic E-state index is 0.0601. The molecule has 0 spiro atoms. The van der Waals surface area contributed by atoms with E-state index in [0.717, 1.165) is 22.4 Å². The lowest BCUT2D eigenvalue weighted by atomic mass is 10.0. The molecule has 0 saturated heterocycles. The van der Waals surface area contributed by atoms with Gasteiger partial charge in [-0.05, 0) is 60.0 Å². The molecule has 0 aliphatic rings. The van der Waals surface area contributed by atoms with Crippen molar-refractivity contribution >= 4 is 34.9 Å². The molecule has 0 aromatic heterocycles. The van der Waals surface area contributed by atoms with Crippen molar-refractivity contribution in [1.82, 2.24) is 0 Å². The molecule has 1 amide bonds. The van der Waals surface area contributed by atoms with Gasteiger partial charge in [-0.2, -0.15) is 0 Å². The fraction of sp³-hybridized carbons (Fsp3) is 0.0909. The lowest BCUT2D eigenvalue weighted by Gasteiger charge is -2.13. The van der Waals surface area contributed by atoms with Crippen molar-refractivity contribution < 1.29 is 19.1 Å².